The fourth-order valence-corrected chi connectivity index (χ4v) is 2.97. The second-order valence-electron chi connectivity index (χ2n) is 4.68. The molecule has 3 aromatic rings. The lowest BCUT2D eigenvalue weighted by Gasteiger charge is -2.05. The van der Waals surface area contributed by atoms with Crippen LogP contribution in [0.2, 0.25) is 0 Å². The minimum Gasteiger partial charge on any atom is -0.309 e. The third-order valence-electron chi connectivity index (χ3n) is 3.03. The Morgan fingerprint density at radius 1 is 1.41 bits per heavy atom. The molecule has 1 amide bonds. The van der Waals surface area contributed by atoms with Gasteiger partial charge in [-0.3, -0.25) is 19.1 Å². The fourth-order valence-electron chi connectivity index (χ4n) is 2.07. The number of aromatic amines is 1. The number of fused-ring (bicyclic) bond motifs is 1. The van der Waals surface area contributed by atoms with Crippen LogP contribution in [0.15, 0.2) is 40.1 Å². The lowest BCUT2D eigenvalue weighted by molar-refractivity contribution is -0.116. The minimum atomic E-state index is -0.601. The Hall–Kier alpha value is -2.74. The molecule has 0 radical (unpaired) electrons. The Balaban J connectivity index is 1.92. The number of nitrogens with one attached hydrogen (secondary N) is 2. The van der Waals surface area contributed by atoms with E-state index in [4.69, 9.17) is 0 Å². The van der Waals surface area contributed by atoms with Crippen molar-refractivity contribution in [2.45, 2.75) is 13.5 Å². The number of anilines is 1. The van der Waals surface area contributed by atoms with Crippen molar-refractivity contribution in [3.05, 3.63) is 56.2 Å². The van der Waals surface area contributed by atoms with Crippen LogP contribution in [0.3, 0.4) is 0 Å². The molecule has 0 aliphatic heterocycles. The van der Waals surface area contributed by atoms with Gasteiger partial charge in [0, 0.05) is 11.1 Å². The first-order valence-corrected chi connectivity index (χ1v) is 7.30. The second-order valence-corrected chi connectivity index (χ2v) is 5.94. The summed E-state index contributed by atoms with van der Waals surface area (Å²) in [7, 11) is 0. The Morgan fingerprint density at radius 2 is 2.23 bits per heavy atom. The molecule has 3 rings (SSSR count). The van der Waals surface area contributed by atoms with Crippen molar-refractivity contribution in [1.29, 1.82) is 0 Å². The van der Waals surface area contributed by atoms with Gasteiger partial charge in [0.25, 0.3) is 5.56 Å². The number of rotatable bonds is 3. The van der Waals surface area contributed by atoms with Gasteiger partial charge in [-0.25, -0.2) is 9.78 Å². The van der Waals surface area contributed by atoms with Crippen LogP contribution in [0.5, 0.6) is 0 Å². The van der Waals surface area contributed by atoms with E-state index >= 15 is 0 Å². The van der Waals surface area contributed by atoms with Crippen molar-refractivity contribution in [2.75, 3.05) is 5.32 Å². The monoisotopic (exact) mass is 316 g/mol. The molecule has 0 bridgehead atoms. The highest BCUT2D eigenvalue weighted by Gasteiger charge is 2.13. The number of hydrogen-bond acceptors (Lipinski definition) is 5. The molecule has 0 aliphatic carbocycles. The fraction of sp³-hybridized carbons (Fsp3) is 0.143. The zero-order chi connectivity index (χ0) is 15.7. The maximum atomic E-state index is 12.3. The summed E-state index contributed by atoms with van der Waals surface area (Å²) in [6, 6.07) is 6.77. The first-order chi connectivity index (χ1) is 10.5. The molecular weight excluding hydrogens is 304 g/mol. The van der Waals surface area contributed by atoms with Crippen molar-refractivity contribution in [1.82, 2.24) is 14.5 Å². The SMILES string of the molecule is Cc1cc2c(=O)n(CC(=O)Nc3ccccn3)c(=O)[nH]c2s1. The molecule has 0 aromatic carbocycles. The second kappa shape index (κ2) is 5.57. The summed E-state index contributed by atoms with van der Waals surface area (Å²) < 4.78 is 0.882. The molecule has 0 spiro atoms. The van der Waals surface area contributed by atoms with Gasteiger partial charge in [0.1, 0.15) is 17.2 Å². The molecule has 0 saturated heterocycles. The van der Waals surface area contributed by atoms with Gasteiger partial charge in [0.05, 0.1) is 5.39 Å². The first-order valence-electron chi connectivity index (χ1n) is 6.49. The van der Waals surface area contributed by atoms with Gasteiger partial charge in [-0.15, -0.1) is 11.3 Å². The van der Waals surface area contributed by atoms with Crippen LogP contribution in [0.1, 0.15) is 4.88 Å². The average molecular weight is 316 g/mol. The lowest BCUT2D eigenvalue weighted by Crippen LogP contribution is -2.38. The lowest BCUT2D eigenvalue weighted by atomic mass is 10.3. The van der Waals surface area contributed by atoms with E-state index in [1.807, 2.05) is 6.92 Å². The van der Waals surface area contributed by atoms with E-state index in [1.54, 1.807) is 24.3 Å². The molecule has 22 heavy (non-hydrogen) atoms. The third kappa shape index (κ3) is 2.68. The number of amides is 1. The summed E-state index contributed by atoms with van der Waals surface area (Å²) in [5.41, 5.74) is -1.07. The molecule has 0 unspecified atom stereocenters. The van der Waals surface area contributed by atoms with Crippen LogP contribution in [0, 0.1) is 6.92 Å². The first kappa shape index (κ1) is 14.2. The number of aryl methyl sites for hydroxylation is 1. The third-order valence-corrected chi connectivity index (χ3v) is 4.00. The zero-order valence-corrected chi connectivity index (χ0v) is 12.4. The zero-order valence-electron chi connectivity index (χ0n) is 11.6. The van der Waals surface area contributed by atoms with Gasteiger partial charge in [0.15, 0.2) is 0 Å². The highest BCUT2D eigenvalue weighted by Crippen LogP contribution is 2.18. The number of nitrogens with zero attached hydrogens (tertiary/aromatic N) is 2. The van der Waals surface area contributed by atoms with Crippen molar-refractivity contribution < 1.29 is 4.79 Å². The molecule has 3 heterocycles. The van der Waals surface area contributed by atoms with Gasteiger partial charge in [-0.05, 0) is 25.1 Å². The van der Waals surface area contributed by atoms with E-state index in [0.717, 1.165) is 9.44 Å². The summed E-state index contributed by atoms with van der Waals surface area (Å²) in [6.07, 6.45) is 1.54. The maximum absolute atomic E-state index is 12.3. The molecule has 0 saturated carbocycles. The minimum absolute atomic E-state index is 0.365. The van der Waals surface area contributed by atoms with Crippen LogP contribution in [-0.2, 0) is 11.3 Å². The molecule has 3 aromatic heterocycles. The van der Waals surface area contributed by atoms with Gasteiger partial charge in [-0.1, -0.05) is 6.07 Å². The average Bonchev–Trinajstić information content (AvgIpc) is 2.85. The number of carbonyl (C=O) groups excluding carboxylic acids is 1. The van der Waals surface area contributed by atoms with Crippen molar-refractivity contribution in [3.63, 3.8) is 0 Å². The van der Waals surface area contributed by atoms with Gasteiger partial charge >= 0.3 is 5.69 Å². The Labute approximate surface area is 128 Å². The Morgan fingerprint density at radius 3 is 2.95 bits per heavy atom. The Kier molecular flexibility index (Phi) is 3.60. The molecule has 8 heteroatoms. The number of thiophene rings is 1. The van der Waals surface area contributed by atoms with Gasteiger partial charge in [-0.2, -0.15) is 0 Å². The van der Waals surface area contributed by atoms with Crippen LogP contribution in [0.25, 0.3) is 10.2 Å². The van der Waals surface area contributed by atoms with Gasteiger partial charge in [0.2, 0.25) is 5.91 Å². The van der Waals surface area contributed by atoms with Crippen LogP contribution < -0.4 is 16.6 Å². The molecule has 0 fully saturated rings. The number of pyridine rings is 1. The number of hydrogen-bond donors (Lipinski definition) is 2. The summed E-state index contributed by atoms with van der Waals surface area (Å²) in [4.78, 5) is 44.3. The van der Waals surface area contributed by atoms with E-state index in [2.05, 4.69) is 15.3 Å². The quantitative estimate of drug-likeness (QED) is 0.756. The maximum Gasteiger partial charge on any atom is 0.329 e. The number of aromatic nitrogens is 3. The summed E-state index contributed by atoms with van der Waals surface area (Å²) >= 11 is 1.33. The highest BCUT2D eigenvalue weighted by molar-refractivity contribution is 7.18. The van der Waals surface area contributed by atoms with Crippen LogP contribution in [-0.4, -0.2) is 20.4 Å². The topological polar surface area (TPSA) is 96.8 Å². The predicted octanol–water partition coefficient (Wildman–Crippen LogP) is 1.09. The standard InChI is InChI=1S/C14H12N4O3S/c1-8-6-9-12(22-8)17-14(21)18(13(9)20)7-11(19)16-10-4-2-3-5-15-10/h2-6H,7H2,1H3,(H,17,21)(H,15,16,19). The summed E-state index contributed by atoms with van der Waals surface area (Å²) in [5, 5.41) is 2.95. The highest BCUT2D eigenvalue weighted by atomic mass is 32.1. The molecule has 0 aliphatic rings. The smallest absolute Gasteiger partial charge is 0.309 e. The van der Waals surface area contributed by atoms with Crippen LogP contribution in [0.4, 0.5) is 5.82 Å². The summed E-state index contributed by atoms with van der Waals surface area (Å²) in [5.74, 6) is -0.123. The molecule has 0 atom stereocenters. The molecule has 2 N–H and O–H groups in total. The van der Waals surface area contributed by atoms with Crippen molar-refractivity contribution >= 4 is 33.3 Å². The normalized spacial score (nSPS) is 10.8. The van der Waals surface area contributed by atoms with Crippen LogP contribution >= 0.6 is 11.3 Å². The van der Waals surface area contributed by atoms with Crippen molar-refractivity contribution in [2.24, 2.45) is 0 Å². The van der Waals surface area contributed by atoms with E-state index < -0.39 is 17.2 Å². The molecule has 7 nitrogen and oxygen atoms in total. The molecule has 112 valence electrons. The summed E-state index contributed by atoms with van der Waals surface area (Å²) in [6.45, 7) is 1.48. The largest absolute Gasteiger partial charge is 0.329 e. The number of carbonyl (C=O) groups is 1. The van der Waals surface area contributed by atoms with E-state index in [-0.39, 0.29) is 6.54 Å². The van der Waals surface area contributed by atoms with Gasteiger partial charge < -0.3 is 5.32 Å². The molecular formula is C14H12N4O3S. The van der Waals surface area contributed by atoms with Crippen molar-refractivity contribution in [3.8, 4) is 0 Å². The van der Waals surface area contributed by atoms with E-state index in [9.17, 15) is 14.4 Å². The van der Waals surface area contributed by atoms with E-state index in [0.29, 0.717) is 16.0 Å². The van der Waals surface area contributed by atoms with E-state index in [1.165, 1.54) is 17.5 Å². The Bertz CT molecular complexity index is 956. The number of H-pyrrole nitrogens is 1. The predicted molar refractivity (Wildman–Crippen MR) is 84.3 cm³/mol.